The van der Waals surface area contributed by atoms with Crippen LogP contribution >= 0.6 is 0 Å². The summed E-state index contributed by atoms with van der Waals surface area (Å²) in [5.41, 5.74) is 2.91. The van der Waals surface area contributed by atoms with Gasteiger partial charge >= 0.3 is 0 Å². The van der Waals surface area contributed by atoms with Gasteiger partial charge in [0, 0.05) is 12.1 Å². The lowest BCUT2D eigenvalue weighted by atomic mass is 10.1. The van der Waals surface area contributed by atoms with Gasteiger partial charge in [0.15, 0.2) is 0 Å². The highest BCUT2D eigenvalue weighted by Gasteiger charge is 2.21. The molecule has 106 valence electrons. The van der Waals surface area contributed by atoms with Crippen molar-refractivity contribution in [3.63, 3.8) is 0 Å². The van der Waals surface area contributed by atoms with Crippen LogP contribution in [-0.4, -0.2) is 16.3 Å². The standard InChI is InChI=1S/C16H20FN3/c1-2-7-14-12-8-5-6-11-18-16(12)20(19-14)15-10-4-3-9-13(15)17/h3-4,9-10,18H,2,5-8,11H2,1H3. The SMILES string of the molecule is CCCc1nn(-c2ccccc2F)c2c1CCCCN2. The van der Waals surface area contributed by atoms with Gasteiger partial charge in [0.1, 0.15) is 17.3 Å². The molecule has 1 aliphatic heterocycles. The highest BCUT2D eigenvalue weighted by molar-refractivity contribution is 5.54. The summed E-state index contributed by atoms with van der Waals surface area (Å²) >= 11 is 0. The fourth-order valence-corrected chi connectivity index (χ4v) is 2.81. The molecule has 2 heterocycles. The molecule has 4 heteroatoms. The summed E-state index contributed by atoms with van der Waals surface area (Å²) in [6, 6.07) is 6.83. The number of nitrogens with zero attached hydrogens (tertiary/aromatic N) is 2. The Labute approximate surface area is 118 Å². The van der Waals surface area contributed by atoms with Crippen molar-refractivity contribution in [3.8, 4) is 5.69 Å². The Hall–Kier alpha value is -1.84. The minimum Gasteiger partial charge on any atom is -0.370 e. The van der Waals surface area contributed by atoms with E-state index < -0.39 is 0 Å². The molecule has 0 saturated carbocycles. The van der Waals surface area contributed by atoms with Gasteiger partial charge in [0.2, 0.25) is 0 Å². The number of anilines is 1. The molecule has 0 atom stereocenters. The lowest BCUT2D eigenvalue weighted by Gasteiger charge is -2.09. The van der Waals surface area contributed by atoms with Gasteiger partial charge < -0.3 is 5.32 Å². The van der Waals surface area contributed by atoms with E-state index in [2.05, 4.69) is 17.3 Å². The smallest absolute Gasteiger partial charge is 0.148 e. The number of halogens is 1. The number of nitrogens with one attached hydrogen (secondary N) is 1. The molecule has 0 amide bonds. The second-order valence-corrected chi connectivity index (χ2v) is 5.27. The van der Waals surface area contributed by atoms with Gasteiger partial charge in [-0.15, -0.1) is 0 Å². The number of aromatic nitrogens is 2. The van der Waals surface area contributed by atoms with E-state index in [0.717, 1.165) is 43.7 Å². The summed E-state index contributed by atoms with van der Waals surface area (Å²) in [6.45, 7) is 3.08. The zero-order valence-electron chi connectivity index (χ0n) is 11.8. The molecule has 0 aliphatic carbocycles. The Morgan fingerprint density at radius 1 is 1.30 bits per heavy atom. The van der Waals surface area contributed by atoms with Gasteiger partial charge in [-0.25, -0.2) is 9.07 Å². The molecule has 1 aromatic heterocycles. The summed E-state index contributed by atoms with van der Waals surface area (Å²) in [5, 5.41) is 8.10. The molecule has 0 fully saturated rings. The second-order valence-electron chi connectivity index (χ2n) is 5.27. The van der Waals surface area contributed by atoms with Crippen LogP contribution in [0.1, 0.15) is 37.4 Å². The van der Waals surface area contributed by atoms with E-state index in [1.54, 1.807) is 16.8 Å². The first-order valence-electron chi connectivity index (χ1n) is 7.40. The van der Waals surface area contributed by atoms with Gasteiger partial charge in [0.25, 0.3) is 0 Å². The third kappa shape index (κ3) is 2.30. The third-order valence-electron chi connectivity index (χ3n) is 3.78. The molecule has 2 aromatic rings. The van der Waals surface area contributed by atoms with Crippen LogP contribution in [0.4, 0.5) is 10.2 Å². The van der Waals surface area contributed by atoms with Crippen LogP contribution in [0.5, 0.6) is 0 Å². The lowest BCUT2D eigenvalue weighted by Crippen LogP contribution is -2.08. The number of rotatable bonds is 3. The summed E-state index contributed by atoms with van der Waals surface area (Å²) in [4.78, 5) is 0. The second kappa shape index (κ2) is 5.65. The van der Waals surface area contributed by atoms with Crippen molar-refractivity contribution in [1.29, 1.82) is 0 Å². The molecule has 1 aliphatic rings. The maximum absolute atomic E-state index is 14.1. The van der Waals surface area contributed by atoms with Crippen molar-refractivity contribution < 1.29 is 4.39 Å². The Morgan fingerprint density at radius 3 is 2.95 bits per heavy atom. The Bertz CT molecular complexity index is 604. The van der Waals surface area contributed by atoms with Crippen molar-refractivity contribution >= 4 is 5.82 Å². The molecule has 0 saturated heterocycles. The van der Waals surface area contributed by atoms with Gasteiger partial charge in [-0.2, -0.15) is 5.10 Å². The lowest BCUT2D eigenvalue weighted by molar-refractivity contribution is 0.610. The van der Waals surface area contributed by atoms with Crippen molar-refractivity contribution in [2.75, 3.05) is 11.9 Å². The predicted molar refractivity (Wildman–Crippen MR) is 78.9 cm³/mol. The Kier molecular flexibility index (Phi) is 3.72. The van der Waals surface area contributed by atoms with Crippen molar-refractivity contribution in [1.82, 2.24) is 9.78 Å². The normalized spacial score (nSPS) is 14.5. The number of hydrogen-bond donors (Lipinski definition) is 1. The van der Waals surface area contributed by atoms with Crippen molar-refractivity contribution in [2.45, 2.75) is 39.0 Å². The van der Waals surface area contributed by atoms with E-state index in [1.807, 2.05) is 6.07 Å². The first-order valence-corrected chi connectivity index (χ1v) is 7.40. The Balaban J connectivity index is 2.13. The zero-order valence-corrected chi connectivity index (χ0v) is 11.8. The van der Waals surface area contributed by atoms with Crippen molar-refractivity contribution in [2.24, 2.45) is 0 Å². The molecule has 1 aromatic carbocycles. The average Bonchev–Trinajstić information content (AvgIpc) is 2.64. The van der Waals surface area contributed by atoms with Crippen LogP contribution in [0, 0.1) is 5.82 Å². The summed E-state index contributed by atoms with van der Waals surface area (Å²) in [7, 11) is 0. The average molecular weight is 273 g/mol. The van der Waals surface area contributed by atoms with Crippen molar-refractivity contribution in [3.05, 3.63) is 41.3 Å². The number of para-hydroxylation sites is 1. The maximum atomic E-state index is 14.1. The molecule has 0 spiro atoms. The maximum Gasteiger partial charge on any atom is 0.148 e. The number of benzene rings is 1. The number of hydrogen-bond acceptors (Lipinski definition) is 2. The topological polar surface area (TPSA) is 29.9 Å². The molecule has 0 radical (unpaired) electrons. The summed E-state index contributed by atoms with van der Waals surface area (Å²) in [5.74, 6) is 0.753. The molecular weight excluding hydrogens is 253 g/mol. The van der Waals surface area contributed by atoms with Crippen LogP contribution in [0.25, 0.3) is 5.69 Å². The van der Waals surface area contributed by atoms with Crippen LogP contribution < -0.4 is 5.32 Å². The first kappa shape index (κ1) is 13.2. The fraction of sp³-hybridized carbons (Fsp3) is 0.438. The Morgan fingerprint density at radius 2 is 2.15 bits per heavy atom. The van der Waals surface area contributed by atoms with Gasteiger partial charge in [-0.05, 0) is 37.8 Å². The molecular formula is C16H20FN3. The monoisotopic (exact) mass is 273 g/mol. The van der Waals surface area contributed by atoms with Gasteiger partial charge in [0.05, 0.1) is 5.69 Å². The summed E-state index contributed by atoms with van der Waals surface area (Å²) in [6.07, 6.45) is 5.36. The van der Waals surface area contributed by atoms with E-state index in [1.165, 1.54) is 18.1 Å². The fourth-order valence-electron chi connectivity index (χ4n) is 2.81. The zero-order chi connectivity index (χ0) is 13.9. The first-order chi connectivity index (χ1) is 9.81. The highest BCUT2D eigenvalue weighted by Crippen LogP contribution is 2.29. The molecule has 1 N–H and O–H groups in total. The van der Waals surface area contributed by atoms with Crippen LogP contribution in [0.3, 0.4) is 0 Å². The number of aryl methyl sites for hydroxylation is 1. The quantitative estimate of drug-likeness (QED) is 0.924. The molecule has 3 nitrogen and oxygen atoms in total. The summed E-state index contributed by atoms with van der Waals surface area (Å²) < 4.78 is 15.8. The van der Waals surface area contributed by atoms with E-state index >= 15 is 0 Å². The minimum atomic E-state index is -0.230. The number of fused-ring (bicyclic) bond motifs is 1. The molecule has 3 rings (SSSR count). The largest absolute Gasteiger partial charge is 0.370 e. The molecule has 20 heavy (non-hydrogen) atoms. The van der Waals surface area contributed by atoms with Gasteiger partial charge in [-0.1, -0.05) is 25.5 Å². The molecule has 0 unspecified atom stereocenters. The van der Waals surface area contributed by atoms with E-state index in [-0.39, 0.29) is 5.82 Å². The highest BCUT2D eigenvalue weighted by atomic mass is 19.1. The minimum absolute atomic E-state index is 0.230. The third-order valence-corrected chi connectivity index (χ3v) is 3.78. The van der Waals surface area contributed by atoms with E-state index in [9.17, 15) is 4.39 Å². The predicted octanol–water partition coefficient (Wildman–Crippen LogP) is 3.71. The van der Waals surface area contributed by atoms with Gasteiger partial charge in [-0.3, -0.25) is 0 Å². The van der Waals surface area contributed by atoms with Crippen LogP contribution in [-0.2, 0) is 12.8 Å². The van der Waals surface area contributed by atoms with E-state index in [0.29, 0.717) is 5.69 Å². The molecule has 0 bridgehead atoms. The van der Waals surface area contributed by atoms with Crippen LogP contribution in [0.2, 0.25) is 0 Å². The van der Waals surface area contributed by atoms with Crippen LogP contribution in [0.15, 0.2) is 24.3 Å². The van der Waals surface area contributed by atoms with E-state index in [4.69, 9.17) is 0 Å².